The zero-order valence-electron chi connectivity index (χ0n) is 14.5. The SMILES string of the molecule is Cc1ccc(CN2CCC(=O)N(Cc3ccncc3)CC2)c(C)c1. The van der Waals surface area contributed by atoms with E-state index in [-0.39, 0.29) is 5.91 Å². The Balaban J connectivity index is 1.62. The van der Waals surface area contributed by atoms with Crippen LogP contribution in [0, 0.1) is 13.8 Å². The Labute approximate surface area is 144 Å². The van der Waals surface area contributed by atoms with Crippen LogP contribution >= 0.6 is 0 Å². The van der Waals surface area contributed by atoms with Crippen LogP contribution in [0.15, 0.2) is 42.7 Å². The van der Waals surface area contributed by atoms with Crippen molar-refractivity contribution in [2.45, 2.75) is 33.4 Å². The van der Waals surface area contributed by atoms with E-state index in [1.807, 2.05) is 17.0 Å². The van der Waals surface area contributed by atoms with Crippen molar-refractivity contribution < 1.29 is 4.79 Å². The molecule has 0 spiro atoms. The van der Waals surface area contributed by atoms with E-state index in [4.69, 9.17) is 0 Å². The molecule has 1 aromatic heterocycles. The maximum atomic E-state index is 12.4. The first-order valence-corrected chi connectivity index (χ1v) is 8.57. The van der Waals surface area contributed by atoms with Gasteiger partial charge in [-0.05, 0) is 42.7 Å². The van der Waals surface area contributed by atoms with E-state index in [1.54, 1.807) is 12.4 Å². The fraction of sp³-hybridized carbons (Fsp3) is 0.400. The zero-order valence-corrected chi connectivity index (χ0v) is 14.5. The third kappa shape index (κ3) is 4.20. The van der Waals surface area contributed by atoms with E-state index in [0.717, 1.165) is 31.7 Å². The molecule has 1 fully saturated rings. The average Bonchev–Trinajstić information content (AvgIpc) is 2.74. The Bertz CT molecular complexity index is 699. The Hall–Kier alpha value is -2.20. The Morgan fingerprint density at radius 1 is 1.00 bits per heavy atom. The van der Waals surface area contributed by atoms with Gasteiger partial charge in [-0.3, -0.25) is 14.7 Å². The van der Waals surface area contributed by atoms with Crippen LogP contribution in [0.5, 0.6) is 0 Å². The first kappa shape index (κ1) is 16.7. The van der Waals surface area contributed by atoms with Crippen molar-refractivity contribution >= 4 is 5.91 Å². The summed E-state index contributed by atoms with van der Waals surface area (Å²) in [6, 6.07) is 10.6. The van der Waals surface area contributed by atoms with Crippen LogP contribution in [0.3, 0.4) is 0 Å². The van der Waals surface area contributed by atoms with E-state index in [9.17, 15) is 4.79 Å². The molecule has 0 bridgehead atoms. The van der Waals surface area contributed by atoms with E-state index in [2.05, 4.69) is 41.9 Å². The molecule has 126 valence electrons. The molecule has 1 saturated heterocycles. The van der Waals surface area contributed by atoms with Crippen molar-refractivity contribution in [1.29, 1.82) is 0 Å². The molecule has 1 amide bonds. The topological polar surface area (TPSA) is 36.4 Å². The van der Waals surface area contributed by atoms with Crippen molar-refractivity contribution in [1.82, 2.24) is 14.8 Å². The quantitative estimate of drug-likeness (QED) is 0.868. The summed E-state index contributed by atoms with van der Waals surface area (Å²) in [5.74, 6) is 0.245. The van der Waals surface area contributed by atoms with Gasteiger partial charge < -0.3 is 4.90 Å². The zero-order chi connectivity index (χ0) is 16.9. The molecule has 24 heavy (non-hydrogen) atoms. The highest BCUT2D eigenvalue weighted by Gasteiger charge is 2.21. The summed E-state index contributed by atoms with van der Waals surface area (Å²) in [5.41, 5.74) is 5.13. The standard InChI is InChI=1S/C20H25N3O/c1-16-3-4-19(17(2)13-16)15-22-10-7-20(24)23(12-11-22)14-18-5-8-21-9-6-18/h3-6,8-9,13H,7,10-12,14-15H2,1-2H3. The molecule has 4 nitrogen and oxygen atoms in total. The minimum atomic E-state index is 0.245. The lowest BCUT2D eigenvalue weighted by Crippen LogP contribution is -2.32. The molecule has 0 aliphatic carbocycles. The van der Waals surface area contributed by atoms with Crippen LogP contribution < -0.4 is 0 Å². The highest BCUT2D eigenvalue weighted by Crippen LogP contribution is 2.16. The molecule has 4 heteroatoms. The highest BCUT2D eigenvalue weighted by molar-refractivity contribution is 5.76. The number of hydrogen-bond donors (Lipinski definition) is 0. The smallest absolute Gasteiger partial charge is 0.224 e. The van der Waals surface area contributed by atoms with Gasteiger partial charge in [0.25, 0.3) is 0 Å². The van der Waals surface area contributed by atoms with Gasteiger partial charge in [0.15, 0.2) is 0 Å². The van der Waals surface area contributed by atoms with Crippen molar-refractivity contribution in [3.05, 3.63) is 65.0 Å². The Kier molecular flexibility index (Phi) is 5.26. The van der Waals surface area contributed by atoms with Crippen LogP contribution in [0.2, 0.25) is 0 Å². The number of nitrogens with zero attached hydrogens (tertiary/aromatic N) is 3. The molecule has 1 aliphatic rings. The van der Waals surface area contributed by atoms with Gasteiger partial charge >= 0.3 is 0 Å². The molecule has 1 aromatic carbocycles. The minimum absolute atomic E-state index is 0.245. The van der Waals surface area contributed by atoms with Gasteiger partial charge in [-0.1, -0.05) is 23.8 Å². The summed E-state index contributed by atoms with van der Waals surface area (Å²) in [5, 5.41) is 0. The monoisotopic (exact) mass is 323 g/mol. The number of benzene rings is 1. The highest BCUT2D eigenvalue weighted by atomic mass is 16.2. The van der Waals surface area contributed by atoms with Gasteiger partial charge in [0.2, 0.25) is 5.91 Å². The van der Waals surface area contributed by atoms with Gasteiger partial charge in [-0.25, -0.2) is 0 Å². The Morgan fingerprint density at radius 3 is 2.54 bits per heavy atom. The molecule has 0 saturated carbocycles. The molecular formula is C20H25N3O. The second kappa shape index (κ2) is 7.58. The Morgan fingerprint density at radius 2 is 1.79 bits per heavy atom. The minimum Gasteiger partial charge on any atom is -0.337 e. The second-order valence-corrected chi connectivity index (χ2v) is 6.63. The normalized spacial score (nSPS) is 16.2. The maximum Gasteiger partial charge on any atom is 0.224 e. The number of rotatable bonds is 4. The van der Waals surface area contributed by atoms with E-state index < -0.39 is 0 Å². The van der Waals surface area contributed by atoms with Gasteiger partial charge in [-0.15, -0.1) is 0 Å². The van der Waals surface area contributed by atoms with Crippen molar-refractivity contribution in [2.75, 3.05) is 19.6 Å². The molecule has 0 N–H and O–H groups in total. The summed E-state index contributed by atoms with van der Waals surface area (Å²) in [6.07, 6.45) is 4.16. The van der Waals surface area contributed by atoms with Gasteiger partial charge in [0.05, 0.1) is 0 Å². The average molecular weight is 323 g/mol. The fourth-order valence-electron chi connectivity index (χ4n) is 3.21. The third-order valence-electron chi connectivity index (χ3n) is 4.70. The second-order valence-electron chi connectivity index (χ2n) is 6.63. The van der Waals surface area contributed by atoms with E-state index >= 15 is 0 Å². The number of pyridine rings is 1. The number of aromatic nitrogens is 1. The van der Waals surface area contributed by atoms with E-state index in [1.165, 1.54) is 16.7 Å². The summed E-state index contributed by atoms with van der Waals surface area (Å²) in [4.78, 5) is 20.8. The summed E-state index contributed by atoms with van der Waals surface area (Å²) >= 11 is 0. The molecule has 1 aliphatic heterocycles. The van der Waals surface area contributed by atoms with Crippen molar-refractivity contribution in [3.63, 3.8) is 0 Å². The first-order valence-electron chi connectivity index (χ1n) is 8.57. The predicted octanol–water partition coefficient (Wildman–Crippen LogP) is 2.93. The molecule has 0 unspecified atom stereocenters. The summed E-state index contributed by atoms with van der Waals surface area (Å²) in [7, 11) is 0. The number of amides is 1. The van der Waals surface area contributed by atoms with Gasteiger partial charge in [0, 0.05) is 51.5 Å². The largest absolute Gasteiger partial charge is 0.337 e. The molecular weight excluding hydrogens is 298 g/mol. The summed E-state index contributed by atoms with van der Waals surface area (Å²) in [6.45, 7) is 8.43. The lowest BCUT2D eigenvalue weighted by Gasteiger charge is -2.23. The molecule has 0 radical (unpaired) electrons. The first-order chi connectivity index (χ1) is 11.6. The lowest BCUT2D eigenvalue weighted by atomic mass is 10.1. The van der Waals surface area contributed by atoms with Crippen molar-refractivity contribution in [2.24, 2.45) is 0 Å². The molecule has 2 heterocycles. The summed E-state index contributed by atoms with van der Waals surface area (Å²) < 4.78 is 0. The van der Waals surface area contributed by atoms with E-state index in [0.29, 0.717) is 13.0 Å². The third-order valence-corrected chi connectivity index (χ3v) is 4.70. The number of hydrogen-bond acceptors (Lipinski definition) is 3. The predicted molar refractivity (Wildman–Crippen MR) is 95.5 cm³/mol. The fourth-order valence-corrected chi connectivity index (χ4v) is 3.21. The van der Waals surface area contributed by atoms with Crippen LogP contribution in [-0.2, 0) is 17.9 Å². The van der Waals surface area contributed by atoms with Crippen LogP contribution in [0.4, 0.5) is 0 Å². The maximum absolute atomic E-state index is 12.4. The lowest BCUT2D eigenvalue weighted by molar-refractivity contribution is -0.130. The number of carbonyl (C=O) groups is 1. The molecule has 3 rings (SSSR count). The van der Waals surface area contributed by atoms with Crippen LogP contribution in [-0.4, -0.2) is 40.3 Å². The van der Waals surface area contributed by atoms with Gasteiger partial charge in [0.1, 0.15) is 0 Å². The van der Waals surface area contributed by atoms with Crippen LogP contribution in [0.1, 0.15) is 28.7 Å². The van der Waals surface area contributed by atoms with Gasteiger partial charge in [-0.2, -0.15) is 0 Å². The molecule has 0 atom stereocenters. The number of aryl methyl sites for hydroxylation is 2. The number of carbonyl (C=O) groups excluding carboxylic acids is 1. The van der Waals surface area contributed by atoms with Crippen LogP contribution in [0.25, 0.3) is 0 Å². The van der Waals surface area contributed by atoms with Crippen molar-refractivity contribution in [3.8, 4) is 0 Å². The molecule has 2 aromatic rings.